The molecule has 0 aliphatic heterocycles. The SMILES string of the molecule is CC(C)(O)c1cc(F)c([N+](=O)[O-])cc1F. The Labute approximate surface area is 84.3 Å². The second kappa shape index (κ2) is 3.54. The van der Waals surface area contributed by atoms with Crippen molar-refractivity contribution in [3.05, 3.63) is 39.4 Å². The standard InChI is InChI=1S/C9H9F2NO3/c1-9(2,13)5-3-7(11)8(12(14)15)4-6(5)10/h3-4,13H,1-2H3. The number of hydrogen-bond donors (Lipinski definition) is 1. The number of benzene rings is 1. The zero-order valence-electron chi connectivity index (χ0n) is 8.12. The number of nitro benzene ring substituents is 1. The maximum atomic E-state index is 13.3. The van der Waals surface area contributed by atoms with Crippen molar-refractivity contribution in [2.75, 3.05) is 0 Å². The first-order valence-corrected chi connectivity index (χ1v) is 4.10. The minimum Gasteiger partial charge on any atom is -0.386 e. The van der Waals surface area contributed by atoms with Crippen molar-refractivity contribution in [1.29, 1.82) is 0 Å². The van der Waals surface area contributed by atoms with E-state index in [1.165, 1.54) is 13.8 Å². The van der Waals surface area contributed by atoms with Crippen LogP contribution in [-0.4, -0.2) is 10.0 Å². The molecule has 0 radical (unpaired) electrons. The van der Waals surface area contributed by atoms with Gasteiger partial charge in [0.1, 0.15) is 5.82 Å². The molecule has 0 unspecified atom stereocenters. The minimum absolute atomic E-state index is 0.314. The lowest BCUT2D eigenvalue weighted by Crippen LogP contribution is -2.18. The van der Waals surface area contributed by atoms with Crippen LogP contribution in [0.25, 0.3) is 0 Å². The van der Waals surface area contributed by atoms with Gasteiger partial charge in [0, 0.05) is 5.56 Å². The summed E-state index contributed by atoms with van der Waals surface area (Å²) in [5, 5.41) is 19.7. The summed E-state index contributed by atoms with van der Waals surface area (Å²) < 4.78 is 26.3. The molecule has 0 spiro atoms. The van der Waals surface area contributed by atoms with Crippen LogP contribution in [0.4, 0.5) is 14.5 Å². The molecule has 0 aliphatic rings. The van der Waals surface area contributed by atoms with Crippen LogP contribution in [0.2, 0.25) is 0 Å². The maximum Gasteiger partial charge on any atom is 0.307 e. The molecule has 0 aromatic heterocycles. The monoisotopic (exact) mass is 217 g/mol. The predicted octanol–water partition coefficient (Wildman–Crippen LogP) is 2.10. The van der Waals surface area contributed by atoms with Crippen molar-refractivity contribution in [3.63, 3.8) is 0 Å². The van der Waals surface area contributed by atoms with Gasteiger partial charge in [0.2, 0.25) is 5.82 Å². The summed E-state index contributed by atoms with van der Waals surface area (Å²) in [5.74, 6) is -2.17. The van der Waals surface area contributed by atoms with Gasteiger partial charge in [-0.05, 0) is 19.9 Å². The molecular weight excluding hydrogens is 208 g/mol. The van der Waals surface area contributed by atoms with E-state index in [-0.39, 0.29) is 5.56 Å². The lowest BCUT2D eigenvalue weighted by atomic mass is 9.97. The van der Waals surface area contributed by atoms with Crippen LogP contribution in [0.15, 0.2) is 12.1 Å². The fourth-order valence-corrected chi connectivity index (χ4v) is 1.15. The van der Waals surface area contributed by atoms with Gasteiger partial charge in [0.05, 0.1) is 16.6 Å². The lowest BCUT2D eigenvalue weighted by Gasteiger charge is -2.18. The zero-order valence-corrected chi connectivity index (χ0v) is 8.12. The van der Waals surface area contributed by atoms with E-state index in [9.17, 15) is 24.0 Å². The second-order valence-corrected chi connectivity index (χ2v) is 3.60. The average Bonchev–Trinajstić information content (AvgIpc) is 2.06. The smallest absolute Gasteiger partial charge is 0.307 e. The Morgan fingerprint density at radius 3 is 2.27 bits per heavy atom. The summed E-state index contributed by atoms with van der Waals surface area (Å²) in [5.41, 5.74) is -2.84. The van der Waals surface area contributed by atoms with E-state index in [1.54, 1.807) is 0 Å². The zero-order chi connectivity index (χ0) is 11.8. The van der Waals surface area contributed by atoms with Crippen LogP contribution in [0.1, 0.15) is 19.4 Å². The van der Waals surface area contributed by atoms with Crippen LogP contribution in [0.5, 0.6) is 0 Å². The van der Waals surface area contributed by atoms with E-state index in [0.717, 1.165) is 0 Å². The summed E-state index contributed by atoms with van der Waals surface area (Å²) in [6.07, 6.45) is 0. The van der Waals surface area contributed by atoms with E-state index in [0.29, 0.717) is 12.1 Å². The molecule has 82 valence electrons. The molecule has 0 saturated heterocycles. The van der Waals surface area contributed by atoms with Crippen LogP contribution < -0.4 is 0 Å². The largest absolute Gasteiger partial charge is 0.386 e. The van der Waals surface area contributed by atoms with E-state index < -0.39 is 27.8 Å². The van der Waals surface area contributed by atoms with Crippen molar-refractivity contribution in [3.8, 4) is 0 Å². The van der Waals surface area contributed by atoms with E-state index in [2.05, 4.69) is 0 Å². The van der Waals surface area contributed by atoms with Crippen molar-refractivity contribution in [2.24, 2.45) is 0 Å². The summed E-state index contributed by atoms with van der Waals surface area (Å²) in [7, 11) is 0. The molecule has 4 nitrogen and oxygen atoms in total. The Kier molecular flexibility index (Phi) is 2.72. The fourth-order valence-electron chi connectivity index (χ4n) is 1.15. The Bertz CT molecular complexity index is 413. The number of rotatable bonds is 2. The number of nitrogens with zero attached hydrogens (tertiary/aromatic N) is 1. The van der Waals surface area contributed by atoms with Gasteiger partial charge in [0.15, 0.2) is 0 Å². The maximum absolute atomic E-state index is 13.3. The predicted molar refractivity (Wildman–Crippen MR) is 48.3 cm³/mol. The van der Waals surface area contributed by atoms with Crippen LogP contribution >= 0.6 is 0 Å². The van der Waals surface area contributed by atoms with Gasteiger partial charge in [-0.3, -0.25) is 10.1 Å². The highest BCUT2D eigenvalue weighted by molar-refractivity contribution is 5.38. The number of aliphatic hydroxyl groups is 1. The minimum atomic E-state index is -1.58. The molecule has 6 heteroatoms. The molecule has 1 aromatic rings. The first-order chi connectivity index (χ1) is 6.73. The molecular formula is C9H9F2NO3. The summed E-state index contributed by atoms with van der Waals surface area (Å²) >= 11 is 0. The highest BCUT2D eigenvalue weighted by Crippen LogP contribution is 2.28. The Morgan fingerprint density at radius 2 is 1.87 bits per heavy atom. The molecule has 0 aliphatic carbocycles. The normalized spacial score (nSPS) is 11.5. The Hall–Kier alpha value is -1.56. The second-order valence-electron chi connectivity index (χ2n) is 3.60. The quantitative estimate of drug-likeness (QED) is 0.609. The van der Waals surface area contributed by atoms with Crippen molar-refractivity contribution in [2.45, 2.75) is 19.4 Å². The molecule has 0 amide bonds. The average molecular weight is 217 g/mol. The van der Waals surface area contributed by atoms with E-state index >= 15 is 0 Å². The van der Waals surface area contributed by atoms with E-state index in [1.807, 2.05) is 0 Å². The molecule has 1 rings (SSSR count). The lowest BCUT2D eigenvalue weighted by molar-refractivity contribution is -0.387. The highest BCUT2D eigenvalue weighted by Gasteiger charge is 2.26. The first-order valence-electron chi connectivity index (χ1n) is 4.10. The number of nitro groups is 1. The molecule has 0 heterocycles. The molecule has 15 heavy (non-hydrogen) atoms. The van der Waals surface area contributed by atoms with Gasteiger partial charge in [-0.1, -0.05) is 0 Å². The molecule has 1 N–H and O–H groups in total. The van der Waals surface area contributed by atoms with Crippen molar-refractivity contribution < 1.29 is 18.8 Å². The van der Waals surface area contributed by atoms with Crippen molar-refractivity contribution >= 4 is 5.69 Å². The van der Waals surface area contributed by atoms with Gasteiger partial charge in [-0.15, -0.1) is 0 Å². The van der Waals surface area contributed by atoms with Crippen LogP contribution in [-0.2, 0) is 5.60 Å². The van der Waals surface area contributed by atoms with Crippen LogP contribution in [0.3, 0.4) is 0 Å². The van der Waals surface area contributed by atoms with Gasteiger partial charge >= 0.3 is 5.69 Å². The topological polar surface area (TPSA) is 63.4 Å². The van der Waals surface area contributed by atoms with E-state index in [4.69, 9.17) is 0 Å². The molecule has 0 atom stereocenters. The van der Waals surface area contributed by atoms with Crippen molar-refractivity contribution in [1.82, 2.24) is 0 Å². The first kappa shape index (κ1) is 11.5. The third-order valence-electron chi connectivity index (χ3n) is 1.89. The van der Waals surface area contributed by atoms with Crippen LogP contribution in [0, 0.1) is 21.7 Å². The third-order valence-corrected chi connectivity index (χ3v) is 1.89. The van der Waals surface area contributed by atoms with Gasteiger partial charge in [-0.2, -0.15) is 4.39 Å². The van der Waals surface area contributed by atoms with Gasteiger partial charge < -0.3 is 5.11 Å². The number of hydrogen-bond acceptors (Lipinski definition) is 3. The molecule has 0 saturated carbocycles. The van der Waals surface area contributed by atoms with Gasteiger partial charge in [0.25, 0.3) is 0 Å². The Balaban J connectivity index is 3.39. The van der Waals surface area contributed by atoms with Gasteiger partial charge in [-0.25, -0.2) is 4.39 Å². The third kappa shape index (κ3) is 2.27. The highest BCUT2D eigenvalue weighted by atomic mass is 19.1. The summed E-state index contributed by atoms with van der Waals surface area (Å²) in [6, 6.07) is 1.09. The molecule has 0 fully saturated rings. The fraction of sp³-hybridized carbons (Fsp3) is 0.333. The Morgan fingerprint density at radius 1 is 1.33 bits per heavy atom. The summed E-state index contributed by atoms with van der Waals surface area (Å²) in [4.78, 5) is 9.25. The molecule has 1 aromatic carbocycles. The molecule has 0 bridgehead atoms. The summed E-state index contributed by atoms with van der Waals surface area (Å²) in [6.45, 7) is 2.52. The number of halogens is 2.